The van der Waals surface area contributed by atoms with Crippen molar-refractivity contribution in [1.82, 2.24) is 10.3 Å². The number of amides is 1. The van der Waals surface area contributed by atoms with Crippen molar-refractivity contribution < 1.29 is 4.79 Å². The fourth-order valence-corrected chi connectivity index (χ4v) is 2.80. The van der Waals surface area contributed by atoms with E-state index in [0.29, 0.717) is 0 Å². The molecule has 0 aliphatic carbocycles. The first-order valence-electron chi connectivity index (χ1n) is 5.81. The molecule has 1 aromatic heterocycles. The van der Waals surface area contributed by atoms with E-state index < -0.39 is 0 Å². The molecule has 1 fully saturated rings. The molecule has 4 nitrogen and oxygen atoms in total. The molecule has 84 valence electrons. The Kier molecular flexibility index (Phi) is 2.17. The van der Waals surface area contributed by atoms with Gasteiger partial charge in [-0.15, -0.1) is 0 Å². The van der Waals surface area contributed by atoms with Crippen molar-refractivity contribution in [2.45, 2.75) is 24.7 Å². The highest BCUT2D eigenvalue weighted by Gasteiger charge is 2.46. The van der Waals surface area contributed by atoms with Crippen molar-refractivity contribution in [1.29, 1.82) is 0 Å². The molecule has 0 bridgehead atoms. The van der Waals surface area contributed by atoms with Crippen molar-refractivity contribution in [2.75, 3.05) is 18.4 Å². The number of pyridine rings is 1. The Morgan fingerprint density at radius 2 is 2.25 bits per heavy atom. The van der Waals surface area contributed by atoms with Crippen LogP contribution < -0.4 is 10.6 Å². The highest BCUT2D eigenvalue weighted by Crippen LogP contribution is 2.42. The molecule has 0 saturated carbocycles. The van der Waals surface area contributed by atoms with Crippen LogP contribution in [0.1, 0.15) is 24.8 Å². The minimum absolute atomic E-state index is 0.130. The fraction of sp³-hybridized carbons (Fsp3) is 0.500. The van der Waals surface area contributed by atoms with Crippen LogP contribution in [0.15, 0.2) is 18.3 Å². The first-order chi connectivity index (χ1) is 7.83. The molecule has 1 spiro atoms. The second kappa shape index (κ2) is 3.56. The van der Waals surface area contributed by atoms with Gasteiger partial charge in [0.15, 0.2) is 0 Å². The van der Waals surface area contributed by atoms with E-state index >= 15 is 0 Å². The van der Waals surface area contributed by atoms with Crippen molar-refractivity contribution in [3.63, 3.8) is 0 Å². The van der Waals surface area contributed by atoms with Gasteiger partial charge in [-0.25, -0.2) is 4.98 Å². The van der Waals surface area contributed by atoms with E-state index in [1.54, 1.807) is 6.20 Å². The molecular weight excluding hydrogens is 202 g/mol. The Bertz CT molecular complexity index is 422. The fourth-order valence-electron chi connectivity index (χ4n) is 2.80. The van der Waals surface area contributed by atoms with E-state index in [0.717, 1.165) is 43.7 Å². The van der Waals surface area contributed by atoms with Crippen LogP contribution in [0.4, 0.5) is 5.82 Å². The summed E-state index contributed by atoms with van der Waals surface area (Å²) in [5.41, 5.74) is 0.760. The van der Waals surface area contributed by atoms with Crippen molar-refractivity contribution in [3.8, 4) is 0 Å². The molecule has 1 saturated heterocycles. The normalized spacial score (nSPS) is 28.6. The quantitative estimate of drug-likeness (QED) is 0.683. The Balaban J connectivity index is 2.08. The van der Waals surface area contributed by atoms with E-state index in [9.17, 15) is 4.79 Å². The van der Waals surface area contributed by atoms with Crippen LogP contribution in [-0.4, -0.2) is 24.0 Å². The average Bonchev–Trinajstić information content (AvgIpc) is 2.49. The van der Waals surface area contributed by atoms with Crippen LogP contribution in [0.2, 0.25) is 0 Å². The molecule has 1 unspecified atom stereocenters. The Labute approximate surface area is 94.5 Å². The zero-order valence-corrected chi connectivity index (χ0v) is 9.12. The number of hydrogen-bond acceptors (Lipinski definition) is 3. The second-order valence-electron chi connectivity index (χ2n) is 4.54. The lowest BCUT2D eigenvalue weighted by molar-refractivity contribution is -0.121. The van der Waals surface area contributed by atoms with E-state index in [1.807, 2.05) is 12.1 Å². The minimum Gasteiger partial charge on any atom is -0.317 e. The van der Waals surface area contributed by atoms with Crippen molar-refractivity contribution >= 4 is 11.7 Å². The SMILES string of the molecule is O=C1Nc2ncccc2C12CCCNCC2. The zero-order chi connectivity index (χ0) is 11.0. The summed E-state index contributed by atoms with van der Waals surface area (Å²) in [5, 5.41) is 6.26. The Morgan fingerprint density at radius 1 is 1.31 bits per heavy atom. The third-order valence-electron chi connectivity index (χ3n) is 3.68. The standard InChI is InChI=1S/C12H15N3O/c16-11-12(4-2-6-13-8-5-12)9-3-1-7-14-10(9)15-11/h1,3,7,13H,2,4-6,8H2,(H,14,15,16). The lowest BCUT2D eigenvalue weighted by atomic mass is 9.76. The van der Waals surface area contributed by atoms with Gasteiger partial charge in [-0.3, -0.25) is 4.79 Å². The summed E-state index contributed by atoms with van der Waals surface area (Å²) in [6.45, 7) is 1.91. The van der Waals surface area contributed by atoms with Crippen molar-refractivity contribution in [2.24, 2.45) is 0 Å². The number of anilines is 1. The molecular formula is C12H15N3O. The number of nitrogens with zero attached hydrogens (tertiary/aromatic N) is 1. The number of hydrogen-bond donors (Lipinski definition) is 2. The lowest BCUT2D eigenvalue weighted by Gasteiger charge is -2.24. The number of carbonyl (C=O) groups is 1. The third kappa shape index (κ3) is 1.26. The van der Waals surface area contributed by atoms with E-state index in [1.165, 1.54) is 0 Å². The van der Waals surface area contributed by atoms with E-state index in [2.05, 4.69) is 15.6 Å². The smallest absolute Gasteiger partial charge is 0.236 e. The lowest BCUT2D eigenvalue weighted by Crippen LogP contribution is -2.35. The highest BCUT2D eigenvalue weighted by atomic mass is 16.2. The summed E-state index contributed by atoms with van der Waals surface area (Å²) in [6, 6.07) is 3.95. The van der Waals surface area contributed by atoms with Crippen LogP contribution >= 0.6 is 0 Å². The number of carbonyl (C=O) groups excluding carboxylic acids is 1. The Hall–Kier alpha value is -1.42. The van der Waals surface area contributed by atoms with Gasteiger partial charge in [0, 0.05) is 11.8 Å². The first kappa shape index (κ1) is 9.78. The molecule has 16 heavy (non-hydrogen) atoms. The zero-order valence-electron chi connectivity index (χ0n) is 9.12. The minimum atomic E-state index is -0.326. The number of aromatic nitrogens is 1. The summed E-state index contributed by atoms with van der Waals surface area (Å²) in [7, 11) is 0. The Morgan fingerprint density at radius 3 is 3.19 bits per heavy atom. The van der Waals surface area contributed by atoms with Crippen LogP contribution in [0.3, 0.4) is 0 Å². The predicted octanol–water partition coefficient (Wildman–Crippen LogP) is 1.04. The number of nitrogens with one attached hydrogen (secondary N) is 2. The molecule has 2 aliphatic rings. The van der Waals surface area contributed by atoms with Gasteiger partial charge in [0.1, 0.15) is 5.82 Å². The van der Waals surface area contributed by atoms with Crippen LogP contribution in [0, 0.1) is 0 Å². The largest absolute Gasteiger partial charge is 0.317 e. The molecule has 3 heterocycles. The molecule has 4 heteroatoms. The monoisotopic (exact) mass is 217 g/mol. The summed E-state index contributed by atoms with van der Waals surface area (Å²) in [6.07, 6.45) is 4.57. The molecule has 1 aromatic rings. The van der Waals surface area contributed by atoms with Crippen LogP contribution in [0.25, 0.3) is 0 Å². The molecule has 0 radical (unpaired) electrons. The summed E-state index contributed by atoms with van der Waals surface area (Å²) in [5.74, 6) is 0.888. The van der Waals surface area contributed by atoms with E-state index in [-0.39, 0.29) is 11.3 Å². The maximum absolute atomic E-state index is 12.2. The predicted molar refractivity (Wildman–Crippen MR) is 61.3 cm³/mol. The number of rotatable bonds is 0. The van der Waals surface area contributed by atoms with Crippen LogP contribution in [-0.2, 0) is 10.2 Å². The van der Waals surface area contributed by atoms with E-state index in [4.69, 9.17) is 0 Å². The van der Waals surface area contributed by atoms with Crippen molar-refractivity contribution in [3.05, 3.63) is 23.9 Å². The van der Waals surface area contributed by atoms with Gasteiger partial charge in [-0.1, -0.05) is 6.07 Å². The topological polar surface area (TPSA) is 54.0 Å². The molecule has 2 aliphatic heterocycles. The van der Waals surface area contributed by atoms with Gasteiger partial charge in [-0.05, 0) is 38.4 Å². The van der Waals surface area contributed by atoms with Gasteiger partial charge in [0.2, 0.25) is 5.91 Å². The summed E-state index contributed by atoms with van der Waals surface area (Å²) in [4.78, 5) is 16.4. The van der Waals surface area contributed by atoms with Gasteiger partial charge in [-0.2, -0.15) is 0 Å². The number of fused-ring (bicyclic) bond motifs is 2. The average molecular weight is 217 g/mol. The summed E-state index contributed by atoms with van der Waals surface area (Å²) >= 11 is 0. The molecule has 2 N–H and O–H groups in total. The first-order valence-corrected chi connectivity index (χ1v) is 5.81. The third-order valence-corrected chi connectivity index (χ3v) is 3.68. The molecule has 1 amide bonds. The maximum Gasteiger partial charge on any atom is 0.236 e. The summed E-state index contributed by atoms with van der Waals surface area (Å²) < 4.78 is 0. The second-order valence-corrected chi connectivity index (χ2v) is 4.54. The molecule has 0 aromatic carbocycles. The molecule has 3 rings (SSSR count). The van der Waals surface area contributed by atoms with Gasteiger partial charge >= 0.3 is 0 Å². The molecule has 1 atom stereocenters. The van der Waals surface area contributed by atoms with Gasteiger partial charge < -0.3 is 10.6 Å². The maximum atomic E-state index is 12.2. The highest BCUT2D eigenvalue weighted by molar-refractivity contribution is 6.05. The van der Waals surface area contributed by atoms with Crippen LogP contribution in [0.5, 0.6) is 0 Å². The van der Waals surface area contributed by atoms with Gasteiger partial charge in [0.25, 0.3) is 0 Å². The van der Waals surface area contributed by atoms with Gasteiger partial charge in [0.05, 0.1) is 5.41 Å².